The molecule has 0 aromatic carbocycles. The van der Waals surface area contributed by atoms with E-state index in [1.165, 1.54) is 6.20 Å². The van der Waals surface area contributed by atoms with Crippen LogP contribution in [0, 0.1) is 5.41 Å². The summed E-state index contributed by atoms with van der Waals surface area (Å²) in [4.78, 5) is 8.84. The summed E-state index contributed by atoms with van der Waals surface area (Å²) in [6.07, 6.45) is 4.09. The van der Waals surface area contributed by atoms with Gasteiger partial charge in [0.1, 0.15) is 12.1 Å². The van der Waals surface area contributed by atoms with E-state index in [1.54, 1.807) is 20.0 Å². The van der Waals surface area contributed by atoms with Gasteiger partial charge in [-0.05, 0) is 25.6 Å². The lowest BCUT2D eigenvalue weighted by atomic mass is 10.2. The third kappa shape index (κ3) is 4.42. The Bertz CT molecular complexity index is 279. The van der Waals surface area contributed by atoms with Crippen molar-refractivity contribution in [1.82, 2.24) is 5.48 Å². The highest BCUT2D eigenvalue weighted by molar-refractivity contribution is 6.10. The van der Waals surface area contributed by atoms with Crippen LogP contribution in [0.4, 0.5) is 0 Å². The van der Waals surface area contributed by atoms with E-state index in [0.717, 1.165) is 11.9 Å². The Morgan fingerprint density at radius 1 is 1.50 bits per heavy atom. The van der Waals surface area contributed by atoms with E-state index in [2.05, 4.69) is 10.5 Å². The van der Waals surface area contributed by atoms with E-state index < -0.39 is 0 Å². The van der Waals surface area contributed by atoms with Crippen LogP contribution in [-0.2, 0) is 4.84 Å². The molecule has 5 nitrogen and oxygen atoms in total. The molecule has 0 spiro atoms. The molecule has 0 atom stereocenters. The molecule has 0 unspecified atom stereocenters. The molecule has 0 saturated carbocycles. The number of allylic oxidation sites excluding steroid dienone is 3. The fraction of sp³-hybridized carbons (Fsp3) is 0.333. The minimum absolute atomic E-state index is 0.607. The molecule has 0 radical (unpaired) electrons. The lowest BCUT2D eigenvalue weighted by Crippen LogP contribution is -2.07. The van der Waals surface area contributed by atoms with Gasteiger partial charge < -0.3 is 10.6 Å². The van der Waals surface area contributed by atoms with Crippen LogP contribution in [0.15, 0.2) is 28.6 Å². The van der Waals surface area contributed by atoms with Gasteiger partial charge in [0.25, 0.3) is 0 Å². The Morgan fingerprint density at radius 3 is 2.57 bits per heavy atom. The van der Waals surface area contributed by atoms with Crippen molar-refractivity contribution in [2.24, 2.45) is 10.7 Å². The molecule has 0 aromatic rings. The molecule has 0 aliphatic carbocycles. The van der Waals surface area contributed by atoms with Gasteiger partial charge in [0.15, 0.2) is 0 Å². The van der Waals surface area contributed by atoms with Crippen molar-refractivity contribution in [1.29, 1.82) is 5.41 Å². The first-order chi connectivity index (χ1) is 6.65. The maximum absolute atomic E-state index is 6.88. The topological polar surface area (TPSA) is 83.5 Å². The Labute approximate surface area is 83.8 Å². The van der Waals surface area contributed by atoms with Crippen molar-refractivity contribution in [2.75, 3.05) is 7.05 Å². The summed E-state index contributed by atoms with van der Waals surface area (Å²) in [6, 6.07) is 0. The van der Waals surface area contributed by atoms with Gasteiger partial charge in [-0.1, -0.05) is 0 Å². The van der Waals surface area contributed by atoms with Gasteiger partial charge in [0.2, 0.25) is 0 Å². The highest BCUT2D eigenvalue weighted by Crippen LogP contribution is 2.01. The lowest BCUT2D eigenvalue weighted by molar-refractivity contribution is 0.128. The molecular weight excluding hydrogens is 180 g/mol. The zero-order valence-corrected chi connectivity index (χ0v) is 8.66. The fourth-order valence-electron chi connectivity index (χ4n) is 0.791. The van der Waals surface area contributed by atoms with Crippen molar-refractivity contribution in [3.05, 3.63) is 23.6 Å². The van der Waals surface area contributed by atoms with E-state index in [-0.39, 0.29) is 0 Å². The van der Waals surface area contributed by atoms with Crippen LogP contribution in [0.25, 0.3) is 0 Å². The summed E-state index contributed by atoms with van der Waals surface area (Å²) in [6.45, 7) is 3.59. The highest BCUT2D eigenvalue weighted by Gasteiger charge is 1.99. The number of hydrogen-bond acceptors (Lipinski definition) is 4. The monoisotopic (exact) mass is 196 g/mol. The molecule has 0 bridgehead atoms. The van der Waals surface area contributed by atoms with Crippen molar-refractivity contribution < 1.29 is 4.84 Å². The minimum atomic E-state index is 0.607. The quantitative estimate of drug-likeness (QED) is 0.265. The first-order valence-corrected chi connectivity index (χ1v) is 4.13. The number of nitrogens with zero attached hydrogens (tertiary/aromatic N) is 1. The van der Waals surface area contributed by atoms with Gasteiger partial charge in [-0.3, -0.25) is 5.41 Å². The molecule has 14 heavy (non-hydrogen) atoms. The molecule has 0 rings (SSSR count). The second kappa shape index (κ2) is 6.85. The van der Waals surface area contributed by atoms with E-state index in [9.17, 15) is 0 Å². The van der Waals surface area contributed by atoms with Gasteiger partial charge in [0.05, 0.1) is 5.71 Å². The smallest absolute Gasteiger partial charge is 0.123 e. The minimum Gasteiger partial charge on any atom is -0.414 e. The van der Waals surface area contributed by atoms with E-state index in [0.29, 0.717) is 11.5 Å². The molecule has 0 heterocycles. The van der Waals surface area contributed by atoms with Gasteiger partial charge in [-0.25, -0.2) is 4.99 Å². The highest BCUT2D eigenvalue weighted by atomic mass is 16.6. The first kappa shape index (κ1) is 12.4. The summed E-state index contributed by atoms with van der Waals surface area (Å²) in [5.74, 6) is 0.648. The van der Waals surface area contributed by atoms with Crippen molar-refractivity contribution in [3.63, 3.8) is 0 Å². The number of rotatable bonds is 5. The fourth-order valence-corrected chi connectivity index (χ4v) is 0.791. The van der Waals surface area contributed by atoms with E-state index >= 15 is 0 Å². The molecule has 0 aromatic heterocycles. The third-order valence-corrected chi connectivity index (χ3v) is 1.46. The largest absolute Gasteiger partial charge is 0.414 e. The summed E-state index contributed by atoms with van der Waals surface area (Å²) >= 11 is 0. The van der Waals surface area contributed by atoms with E-state index in [4.69, 9.17) is 16.0 Å². The molecule has 4 N–H and O–H groups in total. The maximum Gasteiger partial charge on any atom is 0.123 e. The van der Waals surface area contributed by atoms with E-state index in [1.807, 2.05) is 6.92 Å². The maximum atomic E-state index is 6.88. The average molecular weight is 196 g/mol. The predicted octanol–water partition coefficient (Wildman–Crippen LogP) is 0.952. The second-order valence-corrected chi connectivity index (χ2v) is 2.55. The summed E-state index contributed by atoms with van der Waals surface area (Å²) in [5, 5.41) is 6.88. The number of hydrogen-bond donors (Lipinski definition) is 3. The lowest BCUT2D eigenvalue weighted by Gasteiger charge is -2.04. The molecule has 0 fully saturated rings. The van der Waals surface area contributed by atoms with Crippen molar-refractivity contribution in [3.8, 4) is 0 Å². The van der Waals surface area contributed by atoms with Crippen LogP contribution in [0.2, 0.25) is 0 Å². The normalized spacial score (nSPS) is 14.1. The first-order valence-electron chi connectivity index (χ1n) is 4.13. The molecule has 78 valence electrons. The molecule has 0 aliphatic rings. The van der Waals surface area contributed by atoms with Crippen LogP contribution in [-0.4, -0.2) is 19.1 Å². The SMILES string of the molecule is CNO/C(C)=C/C(=NC=N)/C(C)=C/N. The third-order valence-electron chi connectivity index (χ3n) is 1.46. The summed E-state index contributed by atoms with van der Waals surface area (Å²) < 4.78 is 0. The number of nitrogens with one attached hydrogen (secondary N) is 2. The predicted molar refractivity (Wildman–Crippen MR) is 58.1 cm³/mol. The molecule has 5 heteroatoms. The molecule has 0 amide bonds. The average Bonchev–Trinajstić information content (AvgIpc) is 2.16. The Hall–Kier alpha value is -1.62. The second-order valence-electron chi connectivity index (χ2n) is 2.55. The number of hydroxylamine groups is 1. The zero-order valence-electron chi connectivity index (χ0n) is 8.66. The van der Waals surface area contributed by atoms with Crippen LogP contribution >= 0.6 is 0 Å². The molecular formula is C9H16N4O. The summed E-state index contributed by atoms with van der Waals surface area (Å²) in [7, 11) is 1.66. The Morgan fingerprint density at radius 2 is 2.14 bits per heavy atom. The Kier molecular flexibility index (Phi) is 6.06. The van der Waals surface area contributed by atoms with Gasteiger partial charge in [-0.15, -0.1) is 0 Å². The molecule has 0 saturated heterocycles. The number of nitrogens with two attached hydrogens (primary N) is 1. The standard InChI is InChI=1S/C9H16N4O/c1-7(5-10)9(13-6-11)4-8(2)14-12-3/h4-6,11-12H,10H2,1-3H3/b7-5+,8-4+,11-6?,13-9?. The van der Waals surface area contributed by atoms with Crippen LogP contribution in [0.1, 0.15) is 13.8 Å². The van der Waals surface area contributed by atoms with Gasteiger partial charge in [0, 0.05) is 13.1 Å². The number of aliphatic imine (C=N–C) groups is 1. The van der Waals surface area contributed by atoms with Crippen LogP contribution in [0.3, 0.4) is 0 Å². The molecule has 0 aliphatic heterocycles. The zero-order chi connectivity index (χ0) is 11.0. The van der Waals surface area contributed by atoms with Gasteiger partial charge >= 0.3 is 0 Å². The van der Waals surface area contributed by atoms with Crippen molar-refractivity contribution >= 4 is 12.1 Å². The summed E-state index contributed by atoms with van der Waals surface area (Å²) in [5.41, 5.74) is 9.28. The van der Waals surface area contributed by atoms with Crippen LogP contribution < -0.4 is 11.2 Å². The Balaban J connectivity index is 4.78. The van der Waals surface area contributed by atoms with Crippen molar-refractivity contribution in [2.45, 2.75) is 13.8 Å². The van der Waals surface area contributed by atoms with Crippen LogP contribution in [0.5, 0.6) is 0 Å². The van der Waals surface area contributed by atoms with Gasteiger partial charge in [-0.2, -0.15) is 5.48 Å².